The van der Waals surface area contributed by atoms with E-state index in [2.05, 4.69) is 44.2 Å². The van der Waals surface area contributed by atoms with Crippen molar-refractivity contribution in [2.24, 2.45) is 4.99 Å². The number of hydrogen-bond acceptors (Lipinski definition) is 4. The van der Waals surface area contributed by atoms with Crippen LogP contribution >= 0.6 is 0 Å². The van der Waals surface area contributed by atoms with Crippen LogP contribution in [0, 0.1) is 5.41 Å². The first-order valence-electron chi connectivity index (χ1n) is 22.0. The van der Waals surface area contributed by atoms with Crippen molar-refractivity contribution in [1.29, 1.82) is 5.41 Å². The summed E-state index contributed by atoms with van der Waals surface area (Å²) in [6, 6.07) is 0. The molecule has 0 aromatic carbocycles. The minimum atomic E-state index is 0.263. The van der Waals surface area contributed by atoms with E-state index in [0.29, 0.717) is 12.8 Å². The van der Waals surface area contributed by atoms with Gasteiger partial charge in [-0.05, 0) is 19.3 Å². The van der Waals surface area contributed by atoms with Crippen molar-refractivity contribution < 1.29 is 9.22 Å². The van der Waals surface area contributed by atoms with Gasteiger partial charge in [0.25, 0.3) is 0 Å². The normalized spacial score (nSPS) is 17.3. The molecule has 0 saturated carbocycles. The molecule has 0 bridgehead atoms. The highest BCUT2D eigenvalue weighted by Crippen LogP contribution is 2.25. The Bertz CT molecular complexity index is 824. The first kappa shape index (κ1) is 45.8. The van der Waals surface area contributed by atoms with E-state index >= 15 is 0 Å². The molecule has 0 amide bonds. The number of aliphatic imine (C=N–C) groups is 1. The van der Waals surface area contributed by atoms with Crippen LogP contribution in [-0.4, -0.2) is 62.6 Å². The number of nitrogens with one attached hydrogen (secondary N) is 2. The highest BCUT2D eigenvalue weighted by Gasteiger charge is 2.36. The van der Waals surface area contributed by atoms with Crippen LogP contribution in [0.5, 0.6) is 0 Å². The highest BCUT2D eigenvalue weighted by molar-refractivity contribution is 6.44. The number of likely N-dealkylation sites (N-methyl/N-ethyl adjacent to an activating group) is 1. The zero-order valence-corrected chi connectivity index (χ0v) is 34.0. The maximum Gasteiger partial charge on any atom is 0.232 e. The maximum atomic E-state index is 8.68. The van der Waals surface area contributed by atoms with Crippen LogP contribution in [0.2, 0.25) is 0 Å². The molecule has 5 heteroatoms. The molecular formula is C44H87N4O+. The number of ether oxygens (including phenoxy) is 1. The molecule has 0 aromatic rings. The van der Waals surface area contributed by atoms with Gasteiger partial charge in [-0.2, -0.15) is 0 Å². The molecule has 5 nitrogen and oxygen atoms in total. The topological polar surface area (TPSA) is 57.5 Å². The monoisotopic (exact) mass is 688 g/mol. The summed E-state index contributed by atoms with van der Waals surface area (Å²) in [6.07, 6.45) is 43.4. The second-order valence-corrected chi connectivity index (χ2v) is 15.7. The highest BCUT2D eigenvalue weighted by atomic mass is 16.5. The Morgan fingerprint density at radius 3 is 1.57 bits per heavy atom. The van der Waals surface area contributed by atoms with Crippen molar-refractivity contribution in [3.63, 3.8) is 0 Å². The smallest absolute Gasteiger partial charge is 0.232 e. The molecule has 0 fully saturated rings. The molecule has 0 spiro atoms. The Morgan fingerprint density at radius 1 is 0.673 bits per heavy atom. The third-order valence-electron chi connectivity index (χ3n) is 11.0. The summed E-state index contributed by atoms with van der Waals surface area (Å²) in [5, 5.41) is 12.8. The first-order chi connectivity index (χ1) is 24.0. The number of quaternary nitrogens is 1. The Balaban J connectivity index is 2.42. The molecule has 2 unspecified atom stereocenters. The lowest BCUT2D eigenvalue weighted by Gasteiger charge is -2.44. The fourth-order valence-electron chi connectivity index (χ4n) is 7.71. The van der Waals surface area contributed by atoms with Crippen molar-refractivity contribution in [3.05, 3.63) is 11.6 Å². The second kappa shape index (κ2) is 32.7. The van der Waals surface area contributed by atoms with E-state index in [9.17, 15) is 0 Å². The fraction of sp³-hybridized carbons (Fsp3) is 0.909. The quantitative estimate of drug-likeness (QED) is 0.0301. The van der Waals surface area contributed by atoms with E-state index in [1.54, 1.807) is 0 Å². The number of unbranched alkanes of at least 4 members (excludes halogenated alkanes) is 25. The molecule has 0 saturated heterocycles. The Kier molecular flexibility index (Phi) is 30.6. The van der Waals surface area contributed by atoms with Crippen molar-refractivity contribution >= 4 is 11.6 Å². The number of rotatable bonds is 35. The van der Waals surface area contributed by atoms with Crippen LogP contribution in [0.25, 0.3) is 0 Å². The van der Waals surface area contributed by atoms with Gasteiger partial charge in [0, 0.05) is 32.0 Å². The van der Waals surface area contributed by atoms with Crippen LogP contribution in [0.15, 0.2) is 16.6 Å². The van der Waals surface area contributed by atoms with Gasteiger partial charge in [0.05, 0.1) is 20.2 Å². The van der Waals surface area contributed by atoms with Gasteiger partial charge >= 0.3 is 0 Å². The van der Waals surface area contributed by atoms with E-state index in [-0.39, 0.29) is 5.90 Å². The molecule has 2 atom stereocenters. The maximum absolute atomic E-state index is 8.68. The van der Waals surface area contributed by atoms with Gasteiger partial charge in [0.1, 0.15) is 18.4 Å². The molecule has 1 heterocycles. The summed E-state index contributed by atoms with van der Waals surface area (Å²) >= 11 is 0. The van der Waals surface area contributed by atoms with E-state index < -0.39 is 0 Å². The van der Waals surface area contributed by atoms with Crippen molar-refractivity contribution in [1.82, 2.24) is 5.32 Å². The molecule has 1 rings (SSSR count). The van der Waals surface area contributed by atoms with Gasteiger partial charge in [0.2, 0.25) is 5.90 Å². The molecule has 1 aliphatic rings. The summed E-state index contributed by atoms with van der Waals surface area (Å²) < 4.78 is 6.91. The van der Waals surface area contributed by atoms with E-state index in [0.717, 1.165) is 42.7 Å². The van der Waals surface area contributed by atoms with Gasteiger partial charge in [-0.1, -0.05) is 187 Å². The summed E-state index contributed by atoms with van der Waals surface area (Å²) in [7, 11) is 4.28. The lowest BCUT2D eigenvalue weighted by atomic mass is 9.99. The summed E-state index contributed by atoms with van der Waals surface area (Å²) in [4.78, 5) is 4.58. The van der Waals surface area contributed by atoms with Crippen molar-refractivity contribution in [2.45, 2.75) is 220 Å². The zero-order valence-electron chi connectivity index (χ0n) is 34.0. The van der Waals surface area contributed by atoms with Gasteiger partial charge in [-0.15, -0.1) is 0 Å². The minimum absolute atomic E-state index is 0.263. The van der Waals surface area contributed by atoms with E-state index in [1.807, 2.05) is 7.05 Å². The van der Waals surface area contributed by atoms with Crippen LogP contribution in [0.1, 0.15) is 213 Å². The third kappa shape index (κ3) is 23.8. The zero-order chi connectivity index (χ0) is 35.7. The molecule has 288 valence electrons. The molecule has 49 heavy (non-hydrogen) atoms. The average Bonchev–Trinajstić information content (AvgIpc) is 3.10. The molecule has 0 aliphatic carbocycles. The predicted octanol–water partition coefficient (Wildman–Crippen LogP) is 13.1. The van der Waals surface area contributed by atoms with Crippen LogP contribution < -0.4 is 5.32 Å². The Morgan fingerprint density at radius 2 is 1.10 bits per heavy atom. The standard InChI is InChI=1S/C44H87N4O/c1-6-9-12-15-17-18-19-20-21-22-23-24-25-26-28-30-32-37-47-42(36-31-29-27-16-13-10-7-2)48(5)38-34-35-41(40-48)43(46-4)44(45)49-39-33-14-11-8-3/h35,42,45,47H,6-34,36-40H2,1-5H3/q+1. The van der Waals surface area contributed by atoms with Gasteiger partial charge < -0.3 is 9.22 Å². The summed E-state index contributed by atoms with van der Waals surface area (Å²) in [5.41, 5.74) is 1.97. The van der Waals surface area contributed by atoms with E-state index in [4.69, 9.17) is 10.1 Å². The molecular weight excluding hydrogens is 601 g/mol. The molecule has 2 N–H and O–H groups in total. The Labute approximate surface area is 307 Å². The molecule has 1 aliphatic heterocycles. The van der Waals surface area contributed by atoms with Crippen LogP contribution in [0.3, 0.4) is 0 Å². The molecule has 0 radical (unpaired) electrons. The molecule has 0 aromatic heterocycles. The van der Waals surface area contributed by atoms with Crippen LogP contribution in [-0.2, 0) is 4.74 Å². The number of nitrogens with zero attached hydrogens (tertiary/aromatic N) is 2. The average molecular weight is 688 g/mol. The summed E-state index contributed by atoms with van der Waals surface area (Å²) in [5.74, 6) is 0.263. The summed E-state index contributed by atoms with van der Waals surface area (Å²) in [6.45, 7) is 10.7. The van der Waals surface area contributed by atoms with Crippen LogP contribution in [0.4, 0.5) is 0 Å². The van der Waals surface area contributed by atoms with Gasteiger partial charge in [-0.3, -0.25) is 15.7 Å². The van der Waals surface area contributed by atoms with Gasteiger partial charge in [0.15, 0.2) is 0 Å². The fourth-order valence-corrected chi connectivity index (χ4v) is 7.71. The van der Waals surface area contributed by atoms with Gasteiger partial charge in [-0.25, -0.2) is 0 Å². The lowest BCUT2D eigenvalue weighted by molar-refractivity contribution is -0.933. The predicted molar refractivity (Wildman–Crippen MR) is 218 cm³/mol. The second-order valence-electron chi connectivity index (χ2n) is 15.7. The Hall–Kier alpha value is -1.20. The van der Waals surface area contributed by atoms with E-state index in [1.165, 1.54) is 185 Å². The largest absolute Gasteiger partial charge is 0.477 e. The third-order valence-corrected chi connectivity index (χ3v) is 11.0. The number of hydrogen-bond donors (Lipinski definition) is 2. The minimum Gasteiger partial charge on any atom is -0.477 e. The van der Waals surface area contributed by atoms with Crippen molar-refractivity contribution in [3.8, 4) is 0 Å². The van der Waals surface area contributed by atoms with Crippen molar-refractivity contribution in [2.75, 3.05) is 40.3 Å². The SMILES string of the molecule is CCCCCCCCCCCCCCCCCCCNC(CCCCCCCCC)[N+]1(C)CCC=C(C(=NC)C(=N)OCCCCCC)C1. The first-order valence-corrected chi connectivity index (χ1v) is 22.0. The lowest BCUT2D eigenvalue weighted by Crippen LogP contribution is -2.61.